The van der Waals surface area contributed by atoms with Crippen LogP contribution < -0.4 is 26.6 Å². The molecule has 0 unspecified atom stereocenters. The minimum absolute atomic E-state index is 0.0348. The summed E-state index contributed by atoms with van der Waals surface area (Å²) < 4.78 is 6.78. The van der Waals surface area contributed by atoms with Gasteiger partial charge in [-0.25, -0.2) is 4.79 Å². The molecule has 2 aromatic carbocycles. The van der Waals surface area contributed by atoms with Crippen LogP contribution in [-0.2, 0) is 13.1 Å². The molecule has 8 nitrogen and oxygen atoms in total. The number of benzene rings is 2. The van der Waals surface area contributed by atoms with E-state index < -0.39 is 17.2 Å². The third kappa shape index (κ3) is 5.60. The van der Waals surface area contributed by atoms with Crippen LogP contribution in [0.15, 0.2) is 76.8 Å². The second kappa shape index (κ2) is 11.0. The van der Waals surface area contributed by atoms with Gasteiger partial charge >= 0.3 is 5.69 Å². The number of anilines is 2. The maximum atomic E-state index is 13.6. The Bertz CT molecular complexity index is 1210. The molecular formula is C25H28N4O4. The molecule has 0 aliphatic heterocycles. The average Bonchev–Trinajstić information content (AvgIpc) is 2.82. The van der Waals surface area contributed by atoms with Crippen LogP contribution in [0.25, 0.3) is 0 Å². The average molecular weight is 449 g/mol. The molecule has 0 spiro atoms. The van der Waals surface area contributed by atoms with E-state index in [4.69, 9.17) is 10.5 Å². The predicted octanol–water partition coefficient (Wildman–Crippen LogP) is 3.33. The molecule has 0 saturated carbocycles. The van der Waals surface area contributed by atoms with Gasteiger partial charge < -0.3 is 10.5 Å². The molecule has 1 amide bonds. The minimum atomic E-state index is -0.708. The number of hydrogen-bond donors (Lipinski definition) is 2. The maximum absolute atomic E-state index is 13.6. The second-order valence-corrected chi connectivity index (χ2v) is 7.50. The minimum Gasteiger partial charge on any atom is -0.490 e. The molecule has 172 valence electrons. The van der Waals surface area contributed by atoms with Gasteiger partial charge in [0.15, 0.2) is 5.69 Å². The van der Waals surface area contributed by atoms with Gasteiger partial charge in [0.05, 0.1) is 6.54 Å². The van der Waals surface area contributed by atoms with Crippen molar-refractivity contribution in [2.45, 2.75) is 32.9 Å². The lowest BCUT2D eigenvalue weighted by molar-refractivity contribution is 0.0984. The van der Waals surface area contributed by atoms with Gasteiger partial charge in [-0.2, -0.15) is 0 Å². The Hall–Kier alpha value is -4.07. The summed E-state index contributed by atoms with van der Waals surface area (Å²) in [4.78, 5) is 42.4. The van der Waals surface area contributed by atoms with E-state index in [0.29, 0.717) is 30.9 Å². The molecule has 3 rings (SSSR count). The topological polar surface area (TPSA) is 110 Å². The molecule has 3 aromatic rings. The standard InChI is InChI=1S/C25H28N4O4/c1-3-5-15-28-22(26)21(23(30)27-25(28)32)29(17-18-9-7-6-8-10-18)24(31)19-11-13-20(14-12-19)33-16-4-2/h4,6-14H,2-3,5,15-17,26H2,1H3,(H,27,30,32). The van der Waals surface area contributed by atoms with Crippen LogP contribution in [-0.4, -0.2) is 22.1 Å². The number of aromatic amines is 1. The summed E-state index contributed by atoms with van der Waals surface area (Å²) in [5.74, 6) is 0.131. The Morgan fingerprint density at radius 3 is 2.48 bits per heavy atom. The summed E-state index contributed by atoms with van der Waals surface area (Å²) in [6.07, 6.45) is 3.17. The van der Waals surface area contributed by atoms with Gasteiger partial charge in [0, 0.05) is 12.1 Å². The van der Waals surface area contributed by atoms with Crippen LogP contribution in [0.5, 0.6) is 5.75 Å². The van der Waals surface area contributed by atoms with E-state index in [1.165, 1.54) is 9.47 Å². The number of nitrogen functional groups attached to an aromatic ring is 1. The molecule has 0 radical (unpaired) electrons. The molecule has 8 heteroatoms. The van der Waals surface area contributed by atoms with Crippen LogP contribution >= 0.6 is 0 Å². The van der Waals surface area contributed by atoms with Crippen molar-refractivity contribution in [1.29, 1.82) is 0 Å². The number of nitrogens with two attached hydrogens (primary N) is 1. The first-order valence-corrected chi connectivity index (χ1v) is 10.8. The lowest BCUT2D eigenvalue weighted by Crippen LogP contribution is -2.41. The number of nitrogens with zero attached hydrogens (tertiary/aromatic N) is 2. The number of amides is 1. The van der Waals surface area contributed by atoms with Crippen LogP contribution in [0.1, 0.15) is 35.7 Å². The normalized spacial score (nSPS) is 10.6. The number of hydrogen-bond acceptors (Lipinski definition) is 5. The van der Waals surface area contributed by atoms with E-state index in [1.807, 2.05) is 37.3 Å². The lowest BCUT2D eigenvalue weighted by atomic mass is 10.1. The third-order valence-corrected chi connectivity index (χ3v) is 5.12. The summed E-state index contributed by atoms with van der Waals surface area (Å²) in [6.45, 7) is 6.39. The Labute approximate surface area is 191 Å². The molecule has 0 aliphatic rings. The number of nitrogens with one attached hydrogen (secondary N) is 1. The van der Waals surface area contributed by atoms with Gasteiger partial charge in [0.1, 0.15) is 18.2 Å². The van der Waals surface area contributed by atoms with Crippen molar-refractivity contribution in [2.75, 3.05) is 17.2 Å². The molecule has 33 heavy (non-hydrogen) atoms. The van der Waals surface area contributed by atoms with E-state index in [-0.39, 0.29) is 18.1 Å². The quantitative estimate of drug-likeness (QED) is 0.462. The highest BCUT2D eigenvalue weighted by Crippen LogP contribution is 2.23. The number of carbonyl (C=O) groups excluding carboxylic acids is 1. The summed E-state index contributed by atoms with van der Waals surface area (Å²) in [6, 6.07) is 15.9. The van der Waals surface area contributed by atoms with Gasteiger partial charge in [-0.05, 0) is 36.2 Å². The first kappa shape index (κ1) is 23.6. The number of ether oxygens (including phenoxy) is 1. The van der Waals surface area contributed by atoms with Gasteiger partial charge in [-0.15, -0.1) is 0 Å². The summed E-state index contributed by atoms with van der Waals surface area (Å²) >= 11 is 0. The summed E-state index contributed by atoms with van der Waals surface area (Å²) in [5, 5.41) is 0. The number of rotatable bonds is 10. The fourth-order valence-electron chi connectivity index (χ4n) is 3.40. The zero-order valence-electron chi connectivity index (χ0n) is 18.6. The van der Waals surface area contributed by atoms with Crippen molar-refractivity contribution in [2.24, 2.45) is 0 Å². The lowest BCUT2D eigenvalue weighted by Gasteiger charge is -2.25. The molecule has 0 atom stereocenters. The molecule has 1 heterocycles. The van der Waals surface area contributed by atoms with Crippen LogP contribution in [0.4, 0.5) is 11.5 Å². The number of H-pyrrole nitrogens is 1. The molecule has 0 bridgehead atoms. The van der Waals surface area contributed by atoms with Crippen molar-refractivity contribution in [3.63, 3.8) is 0 Å². The fraction of sp³-hybridized carbons (Fsp3) is 0.240. The van der Waals surface area contributed by atoms with Crippen molar-refractivity contribution < 1.29 is 9.53 Å². The molecule has 1 aromatic heterocycles. The Morgan fingerprint density at radius 1 is 1.15 bits per heavy atom. The van der Waals surface area contributed by atoms with Gasteiger partial charge in [-0.1, -0.05) is 56.3 Å². The second-order valence-electron chi connectivity index (χ2n) is 7.50. The highest BCUT2D eigenvalue weighted by molar-refractivity contribution is 6.07. The van der Waals surface area contributed by atoms with Crippen molar-refractivity contribution >= 4 is 17.4 Å². The number of aromatic nitrogens is 2. The van der Waals surface area contributed by atoms with Crippen molar-refractivity contribution in [3.05, 3.63) is 99.2 Å². The molecule has 0 saturated heterocycles. The summed E-state index contributed by atoms with van der Waals surface area (Å²) in [5.41, 5.74) is 6.10. The predicted molar refractivity (Wildman–Crippen MR) is 130 cm³/mol. The van der Waals surface area contributed by atoms with Gasteiger partial charge in [0.25, 0.3) is 11.5 Å². The van der Waals surface area contributed by atoms with Gasteiger partial charge in [0.2, 0.25) is 0 Å². The largest absolute Gasteiger partial charge is 0.490 e. The first-order valence-electron chi connectivity index (χ1n) is 10.8. The van der Waals surface area contributed by atoms with Crippen molar-refractivity contribution in [3.8, 4) is 5.75 Å². The van der Waals surface area contributed by atoms with Crippen LogP contribution in [0.2, 0.25) is 0 Å². The van der Waals surface area contributed by atoms with E-state index in [1.54, 1.807) is 30.3 Å². The SMILES string of the molecule is C=CCOc1ccc(C(=O)N(Cc2ccccc2)c2c(N)n(CCCC)c(=O)[nH]c2=O)cc1. The van der Waals surface area contributed by atoms with E-state index in [2.05, 4.69) is 11.6 Å². The Morgan fingerprint density at radius 2 is 1.85 bits per heavy atom. The number of carbonyl (C=O) groups is 1. The molecular weight excluding hydrogens is 420 g/mol. The van der Waals surface area contributed by atoms with Crippen molar-refractivity contribution in [1.82, 2.24) is 9.55 Å². The smallest absolute Gasteiger partial charge is 0.330 e. The monoisotopic (exact) mass is 448 g/mol. The molecule has 0 aliphatic carbocycles. The van der Waals surface area contributed by atoms with E-state index in [9.17, 15) is 14.4 Å². The highest BCUT2D eigenvalue weighted by Gasteiger charge is 2.25. The Kier molecular flexibility index (Phi) is 7.86. The van der Waals surface area contributed by atoms with E-state index >= 15 is 0 Å². The van der Waals surface area contributed by atoms with Crippen LogP contribution in [0, 0.1) is 0 Å². The first-order chi connectivity index (χ1) is 16.0. The number of unbranched alkanes of at least 4 members (excludes halogenated alkanes) is 1. The highest BCUT2D eigenvalue weighted by atomic mass is 16.5. The third-order valence-electron chi connectivity index (χ3n) is 5.12. The fourth-order valence-corrected chi connectivity index (χ4v) is 3.40. The van der Waals surface area contributed by atoms with E-state index in [0.717, 1.165) is 12.0 Å². The molecule has 3 N–H and O–H groups in total. The van der Waals surface area contributed by atoms with Crippen LogP contribution in [0.3, 0.4) is 0 Å². The van der Waals surface area contributed by atoms with Gasteiger partial charge in [-0.3, -0.25) is 24.0 Å². The molecule has 0 fully saturated rings. The summed E-state index contributed by atoms with van der Waals surface area (Å²) in [7, 11) is 0. The Balaban J connectivity index is 2.07. The zero-order valence-corrected chi connectivity index (χ0v) is 18.6. The maximum Gasteiger partial charge on any atom is 0.330 e. The zero-order chi connectivity index (χ0) is 23.8.